The first kappa shape index (κ1) is 17.9. The van der Waals surface area contributed by atoms with E-state index in [9.17, 15) is 9.90 Å². The zero-order valence-electron chi connectivity index (χ0n) is 14.4. The molecule has 7 nitrogen and oxygen atoms in total. The normalized spacial score (nSPS) is 12.7. The van der Waals surface area contributed by atoms with Crippen molar-refractivity contribution < 1.29 is 9.90 Å². The van der Waals surface area contributed by atoms with Crippen molar-refractivity contribution >= 4 is 6.03 Å². The first-order valence-electron chi connectivity index (χ1n) is 7.97. The average Bonchev–Trinajstić information content (AvgIpc) is 3.06. The minimum Gasteiger partial charge on any atom is -0.394 e. The summed E-state index contributed by atoms with van der Waals surface area (Å²) >= 11 is 0. The highest BCUT2D eigenvalue weighted by atomic mass is 16.3. The second-order valence-electron chi connectivity index (χ2n) is 6.94. The number of urea groups is 1. The van der Waals surface area contributed by atoms with Crippen LogP contribution in [-0.4, -0.2) is 38.6 Å². The number of carbonyl (C=O) groups excluding carboxylic acids is 1. The second kappa shape index (κ2) is 7.92. The maximum atomic E-state index is 12.0. The van der Waals surface area contributed by atoms with Crippen LogP contribution < -0.4 is 10.6 Å². The summed E-state index contributed by atoms with van der Waals surface area (Å²) in [6.07, 6.45) is 5.88. The molecule has 2 rings (SSSR count). The molecule has 1 unspecified atom stereocenters. The van der Waals surface area contributed by atoms with E-state index in [1.807, 2.05) is 24.4 Å². The predicted octanol–water partition coefficient (Wildman–Crippen LogP) is 1.86. The van der Waals surface area contributed by atoms with Crippen molar-refractivity contribution in [3.05, 3.63) is 42.4 Å². The van der Waals surface area contributed by atoms with Crippen LogP contribution in [0.1, 0.15) is 32.8 Å². The van der Waals surface area contributed by atoms with Gasteiger partial charge in [-0.25, -0.2) is 14.5 Å². The molecule has 24 heavy (non-hydrogen) atoms. The number of nitrogens with one attached hydrogen (secondary N) is 2. The lowest BCUT2D eigenvalue weighted by atomic mass is 9.88. The summed E-state index contributed by atoms with van der Waals surface area (Å²) < 4.78 is 1.66. The van der Waals surface area contributed by atoms with E-state index in [0.29, 0.717) is 18.8 Å². The summed E-state index contributed by atoms with van der Waals surface area (Å²) in [5.74, 6) is 0.695. The average molecular weight is 331 g/mol. The molecule has 0 saturated carbocycles. The van der Waals surface area contributed by atoms with Crippen LogP contribution >= 0.6 is 0 Å². The molecule has 1 atom stereocenters. The van der Waals surface area contributed by atoms with Gasteiger partial charge in [-0.1, -0.05) is 20.8 Å². The molecule has 2 amide bonds. The lowest BCUT2D eigenvalue weighted by molar-refractivity contribution is 0.190. The van der Waals surface area contributed by atoms with E-state index >= 15 is 0 Å². The molecule has 7 heteroatoms. The van der Waals surface area contributed by atoms with Gasteiger partial charge in [0.1, 0.15) is 0 Å². The standard InChI is InChI=1S/C17H25N5O2/c1-17(2,3)10-14(12-23)21-16(24)19-11-13-5-7-18-15(9-13)22-8-4-6-20-22/h4-9,14,23H,10-12H2,1-3H3,(H2,19,21,24). The first-order chi connectivity index (χ1) is 11.4. The zero-order valence-corrected chi connectivity index (χ0v) is 14.4. The number of amides is 2. The first-order valence-corrected chi connectivity index (χ1v) is 7.97. The van der Waals surface area contributed by atoms with Crippen LogP contribution in [0.5, 0.6) is 0 Å². The molecule has 0 aromatic carbocycles. The smallest absolute Gasteiger partial charge is 0.315 e. The fourth-order valence-corrected chi connectivity index (χ4v) is 2.42. The Hall–Kier alpha value is -2.41. The van der Waals surface area contributed by atoms with Crippen molar-refractivity contribution in [2.75, 3.05) is 6.61 Å². The van der Waals surface area contributed by atoms with E-state index in [-0.39, 0.29) is 24.1 Å². The van der Waals surface area contributed by atoms with Crippen LogP contribution in [0.25, 0.3) is 5.82 Å². The van der Waals surface area contributed by atoms with Gasteiger partial charge in [0, 0.05) is 25.1 Å². The molecule has 130 valence electrons. The number of carbonyl (C=O) groups is 1. The number of aromatic nitrogens is 3. The molecule has 2 aromatic rings. The van der Waals surface area contributed by atoms with Gasteiger partial charge in [-0.15, -0.1) is 0 Å². The van der Waals surface area contributed by atoms with E-state index in [1.165, 1.54) is 0 Å². The molecule has 0 aliphatic heterocycles. The van der Waals surface area contributed by atoms with E-state index in [1.54, 1.807) is 17.1 Å². The summed E-state index contributed by atoms with van der Waals surface area (Å²) in [5, 5.41) is 19.1. The number of aliphatic hydroxyl groups is 1. The molecule has 0 spiro atoms. The number of pyridine rings is 1. The highest BCUT2D eigenvalue weighted by Gasteiger charge is 2.19. The fraction of sp³-hybridized carbons (Fsp3) is 0.471. The minimum atomic E-state index is -0.296. The number of aliphatic hydroxyl groups excluding tert-OH is 1. The van der Waals surface area contributed by atoms with Crippen molar-refractivity contribution in [1.29, 1.82) is 0 Å². The van der Waals surface area contributed by atoms with Crippen molar-refractivity contribution in [3.63, 3.8) is 0 Å². The molecule has 0 aliphatic carbocycles. The van der Waals surface area contributed by atoms with Crippen molar-refractivity contribution in [2.24, 2.45) is 5.41 Å². The molecule has 0 saturated heterocycles. The molecular formula is C17H25N5O2. The third kappa shape index (κ3) is 5.66. The quantitative estimate of drug-likeness (QED) is 0.753. The summed E-state index contributed by atoms with van der Waals surface area (Å²) in [6, 6.07) is 4.97. The Kier molecular flexibility index (Phi) is 5.92. The van der Waals surface area contributed by atoms with Gasteiger partial charge in [-0.05, 0) is 35.6 Å². The third-order valence-electron chi connectivity index (χ3n) is 3.42. The molecule has 3 N–H and O–H groups in total. The lowest BCUT2D eigenvalue weighted by Crippen LogP contribution is -2.45. The Morgan fingerprint density at radius 1 is 1.38 bits per heavy atom. The van der Waals surface area contributed by atoms with Gasteiger partial charge in [-0.2, -0.15) is 5.10 Å². The van der Waals surface area contributed by atoms with Crippen molar-refractivity contribution in [2.45, 2.75) is 39.8 Å². The maximum Gasteiger partial charge on any atom is 0.315 e. The third-order valence-corrected chi connectivity index (χ3v) is 3.42. The zero-order chi connectivity index (χ0) is 17.6. The van der Waals surface area contributed by atoms with Gasteiger partial charge in [0.2, 0.25) is 0 Å². The summed E-state index contributed by atoms with van der Waals surface area (Å²) in [5.41, 5.74) is 0.951. The van der Waals surface area contributed by atoms with Crippen molar-refractivity contribution in [1.82, 2.24) is 25.4 Å². The summed E-state index contributed by atoms with van der Waals surface area (Å²) in [4.78, 5) is 16.3. The summed E-state index contributed by atoms with van der Waals surface area (Å²) in [6.45, 7) is 6.51. The molecule has 2 heterocycles. The molecule has 2 aromatic heterocycles. The van der Waals surface area contributed by atoms with Crippen LogP contribution in [0.3, 0.4) is 0 Å². The highest BCUT2D eigenvalue weighted by molar-refractivity contribution is 5.74. The lowest BCUT2D eigenvalue weighted by Gasteiger charge is -2.25. The molecular weight excluding hydrogens is 306 g/mol. The van der Waals surface area contributed by atoms with Gasteiger partial charge >= 0.3 is 6.03 Å². The van der Waals surface area contributed by atoms with Crippen molar-refractivity contribution in [3.8, 4) is 5.82 Å². The Morgan fingerprint density at radius 3 is 2.79 bits per heavy atom. The minimum absolute atomic E-state index is 0.0322. The topological polar surface area (TPSA) is 92.1 Å². The number of nitrogens with zero attached hydrogens (tertiary/aromatic N) is 3. The van der Waals surface area contributed by atoms with Crippen LogP contribution in [0.2, 0.25) is 0 Å². The van der Waals surface area contributed by atoms with Gasteiger partial charge < -0.3 is 15.7 Å². The Labute approximate surface area is 142 Å². The summed E-state index contributed by atoms with van der Waals surface area (Å²) in [7, 11) is 0. The van der Waals surface area contributed by atoms with E-state index in [0.717, 1.165) is 5.56 Å². The fourth-order valence-electron chi connectivity index (χ4n) is 2.42. The number of hydrogen-bond donors (Lipinski definition) is 3. The second-order valence-corrected chi connectivity index (χ2v) is 6.94. The molecule has 0 fully saturated rings. The highest BCUT2D eigenvalue weighted by Crippen LogP contribution is 2.20. The van der Waals surface area contributed by atoms with Crippen LogP contribution in [0.4, 0.5) is 4.79 Å². The van der Waals surface area contributed by atoms with Crippen LogP contribution in [-0.2, 0) is 6.54 Å². The van der Waals surface area contributed by atoms with E-state index < -0.39 is 0 Å². The molecule has 0 bridgehead atoms. The monoisotopic (exact) mass is 331 g/mol. The Morgan fingerprint density at radius 2 is 2.17 bits per heavy atom. The predicted molar refractivity (Wildman–Crippen MR) is 91.7 cm³/mol. The van der Waals surface area contributed by atoms with E-state index in [2.05, 4.69) is 41.5 Å². The largest absolute Gasteiger partial charge is 0.394 e. The van der Waals surface area contributed by atoms with Crippen LogP contribution in [0.15, 0.2) is 36.8 Å². The van der Waals surface area contributed by atoms with E-state index in [4.69, 9.17) is 0 Å². The number of rotatable bonds is 6. The van der Waals surface area contributed by atoms with Gasteiger partial charge in [0.15, 0.2) is 5.82 Å². The van der Waals surface area contributed by atoms with Gasteiger partial charge in [0.25, 0.3) is 0 Å². The molecule has 0 aliphatic rings. The maximum absolute atomic E-state index is 12.0. The Balaban J connectivity index is 1.88. The SMILES string of the molecule is CC(C)(C)CC(CO)NC(=O)NCc1ccnc(-n2cccn2)c1. The molecule has 0 radical (unpaired) electrons. The number of hydrogen-bond acceptors (Lipinski definition) is 4. The van der Waals surface area contributed by atoms with Crippen LogP contribution in [0, 0.1) is 5.41 Å². The van der Waals surface area contributed by atoms with Gasteiger partial charge in [-0.3, -0.25) is 0 Å². The van der Waals surface area contributed by atoms with Gasteiger partial charge in [0.05, 0.1) is 12.6 Å². The Bertz CT molecular complexity index is 649.